The SMILES string of the molecule is O=c1c(-c2ccccc2)c([O-])[n+](CCCO)c2sccn12. The number of aliphatic hydroxyl groups excluding tert-OH is 1. The zero-order valence-electron chi connectivity index (χ0n) is 11.2. The summed E-state index contributed by atoms with van der Waals surface area (Å²) in [4.78, 5) is 13.1. The molecule has 0 spiro atoms. The minimum absolute atomic E-state index is 0.00374. The van der Waals surface area contributed by atoms with Crippen LogP contribution in [0.3, 0.4) is 0 Å². The van der Waals surface area contributed by atoms with Crippen LogP contribution in [0.2, 0.25) is 0 Å². The highest BCUT2D eigenvalue weighted by molar-refractivity contribution is 7.14. The Hall–Kier alpha value is -2.18. The number of nitrogens with zero attached hydrogens (tertiary/aromatic N) is 2. The molecule has 0 amide bonds. The molecule has 1 aromatic carbocycles. The Balaban J connectivity index is 2.32. The van der Waals surface area contributed by atoms with E-state index in [4.69, 9.17) is 5.11 Å². The van der Waals surface area contributed by atoms with Crippen molar-refractivity contribution >= 4 is 16.3 Å². The standard InChI is InChI=1S/C15H14N2O3S/c18-9-4-7-16-13(19)12(11-5-2-1-3-6-11)14(20)17-8-10-21-15(16)17/h1-3,5-6,8,10,18H,4,7,9H2. The van der Waals surface area contributed by atoms with Crippen LogP contribution in [0, 0.1) is 0 Å². The van der Waals surface area contributed by atoms with E-state index in [1.165, 1.54) is 15.7 Å². The Kier molecular flexibility index (Phi) is 3.72. The number of benzene rings is 1. The minimum atomic E-state index is -0.304. The maximum absolute atomic E-state index is 12.7. The number of fused-ring (bicyclic) bond motifs is 1. The van der Waals surface area contributed by atoms with Gasteiger partial charge in [0.25, 0.3) is 0 Å². The summed E-state index contributed by atoms with van der Waals surface area (Å²) >= 11 is 1.34. The van der Waals surface area contributed by atoms with Crippen LogP contribution in [0.4, 0.5) is 0 Å². The lowest BCUT2D eigenvalue weighted by Gasteiger charge is -2.15. The minimum Gasteiger partial charge on any atom is -0.842 e. The van der Waals surface area contributed by atoms with E-state index in [2.05, 4.69) is 0 Å². The van der Waals surface area contributed by atoms with Crippen LogP contribution in [0.5, 0.6) is 5.88 Å². The van der Waals surface area contributed by atoms with Gasteiger partial charge in [0.2, 0.25) is 0 Å². The molecule has 0 aliphatic heterocycles. The van der Waals surface area contributed by atoms with Crippen molar-refractivity contribution in [1.29, 1.82) is 0 Å². The van der Waals surface area contributed by atoms with Crippen molar-refractivity contribution in [2.75, 3.05) is 6.61 Å². The van der Waals surface area contributed by atoms with Crippen LogP contribution in [-0.4, -0.2) is 16.1 Å². The number of hydrogen-bond donors (Lipinski definition) is 1. The Morgan fingerprint density at radius 3 is 2.76 bits per heavy atom. The third-order valence-corrected chi connectivity index (χ3v) is 4.20. The van der Waals surface area contributed by atoms with Gasteiger partial charge in [0.15, 0.2) is 0 Å². The van der Waals surface area contributed by atoms with Crippen molar-refractivity contribution in [3.05, 3.63) is 52.3 Å². The summed E-state index contributed by atoms with van der Waals surface area (Å²) in [6.07, 6.45) is 2.14. The molecule has 108 valence electrons. The average molecular weight is 302 g/mol. The van der Waals surface area contributed by atoms with Gasteiger partial charge in [-0.2, -0.15) is 4.40 Å². The van der Waals surface area contributed by atoms with Gasteiger partial charge >= 0.3 is 10.5 Å². The first-order valence-electron chi connectivity index (χ1n) is 6.63. The lowest BCUT2D eigenvalue weighted by molar-refractivity contribution is -0.714. The van der Waals surface area contributed by atoms with E-state index < -0.39 is 0 Å². The number of thiazole rings is 1. The number of hydrogen-bond acceptors (Lipinski definition) is 4. The molecule has 0 radical (unpaired) electrons. The van der Waals surface area contributed by atoms with Crippen LogP contribution in [0.1, 0.15) is 6.42 Å². The van der Waals surface area contributed by atoms with Gasteiger partial charge in [-0.15, -0.1) is 0 Å². The van der Waals surface area contributed by atoms with Gasteiger partial charge in [-0.05, 0) is 5.56 Å². The largest absolute Gasteiger partial charge is 0.842 e. The van der Waals surface area contributed by atoms with Crippen molar-refractivity contribution in [3.8, 4) is 17.0 Å². The second kappa shape index (κ2) is 5.67. The van der Waals surface area contributed by atoms with Gasteiger partial charge in [0.05, 0.1) is 12.4 Å². The summed E-state index contributed by atoms with van der Waals surface area (Å²) in [5, 5.41) is 23.5. The molecule has 2 heterocycles. The summed E-state index contributed by atoms with van der Waals surface area (Å²) in [6, 6.07) is 8.96. The fourth-order valence-electron chi connectivity index (χ4n) is 2.33. The first kappa shape index (κ1) is 13.8. The Morgan fingerprint density at radius 1 is 1.29 bits per heavy atom. The number of aryl methyl sites for hydroxylation is 1. The van der Waals surface area contributed by atoms with Crippen molar-refractivity contribution in [3.63, 3.8) is 0 Å². The molecule has 1 N–H and O–H groups in total. The molecule has 0 aliphatic carbocycles. The molecule has 6 heteroatoms. The Labute approximate surface area is 125 Å². The normalized spacial score (nSPS) is 11.1. The smallest absolute Gasteiger partial charge is 0.350 e. The molecule has 2 aromatic heterocycles. The van der Waals surface area contributed by atoms with E-state index in [-0.39, 0.29) is 23.6 Å². The van der Waals surface area contributed by atoms with Gasteiger partial charge in [0, 0.05) is 18.4 Å². The molecule has 0 atom stereocenters. The highest BCUT2D eigenvalue weighted by Crippen LogP contribution is 2.22. The summed E-state index contributed by atoms with van der Waals surface area (Å²) in [5.74, 6) is -0.304. The molecule has 5 nitrogen and oxygen atoms in total. The van der Waals surface area contributed by atoms with Crippen LogP contribution < -0.4 is 15.2 Å². The Morgan fingerprint density at radius 2 is 2.05 bits per heavy atom. The zero-order valence-corrected chi connectivity index (χ0v) is 12.0. The fourth-order valence-corrected chi connectivity index (χ4v) is 3.20. The highest BCUT2D eigenvalue weighted by atomic mass is 32.1. The van der Waals surface area contributed by atoms with E-state index in [9.17, 15) is 9.90 Å². The van der Waals surface area contributed by atoms with Gasteiger partial charge in [-0.1, -0.05) is 41.7 Å². The highest BCUT2D eigenvalue weighted by Gasteiger charge is 2.20. The molecular weight excluding hydrogens is 288 g/mol. The van der Waals surface area contributed by atoms with Gasteiger partial charge in [-0.25, -0.2) is 9.36 Å². The quantitative estimate of drug-likeness (QED) is 0.724. The first-order chi connectivity index (χ1) is 10.2. The lowest BCUT2D eigenvalue weighted by Crippen LogP contribution is -2.43. The first-order valence-corrected chi connectivity index (χ1v) is 7.51. The summed E-state index contributed by atoms with van der Waals surface area (Å²) in [7, 11) is 0. The van der Waals surface area contributed by atoms with Crippen LogP contribution in [0.25, 0.3) is 16.1 Å². The molecule has 3 aromatic rings. The van der Waals surface area contributed by atoms with E-state index in [1.54, 1.807) is 40.4 Å². The van der Waals surface area contributed by atoms with Crippen LogP contribution >= 0.6 is 11.3 Å². The predicted molar refractivity (Wildman–Crippen MR) is 78.3 cm³/mol. The molecular formula is C15H14N2O3S. The molecule has 0 aliphatic rings. The predicted octanol–water partition coefficient (Wildman–Crippen LogP) is 0.771. The van der Waals surface area contributed by atoms with Crippen LogP contribution in [-0.2, 0) is 6.54 Å². The second-order valence-corrected chi connectivity index (χ2v) is 5.51. The molecule has 0 bridgehead atoms. The summed E-state index contributed by atoms with van der Waals surface area (Å²) in [6.45, 7) is 0.392. The fraction of sp³-hybridized carbons (Fsp3) is 0.200. The van der Waals surface area contributed by atoms with E-state index in [1.807, 2.05) is 6.07 Å². The average Bonchev–Trinajstić information content (AvgIpc) is 2.98. The zero-order chi connectivity index (χ0) is 14.8. The topological polar surface area (TPSA) is 68.6 Å². The van der Waals surface area contributed by atoms with Crippen molar-refractivity contribution in [1.82, 2.24) is 4.40 Å². The number of rotatable bonds is 4. The summed E-state index contributed by atoms with van der Waals surface area (Å²) in [5.41, 5.74) is 0.484. The van der Waals surface area contributed by atoms with Gasteiger partial charge < -0.3 is 10.2 Å². The molecule has 0 unspecified atom stereocenters. The molecule has 0 fully saturated rings. The second-order valence-electron chi connectivity index (χ2n) is 4.64. The van der Waals surface area contributed by atoms with Gasteiger partial charge in [0.1, 0.15) is 11.8 Å². The molecule has 21 heavy (non-hydrogen) atoms. The van der Waals surface area contributed by atoms with Crippen LogP contribution in [0.15, 0.2) is 46.7 Å². The molecule has 3 rings (SSSR count). The maximum atomic E-state index is 12.7. The van der Waals surface area contributed by atoms with Crippen molar-refractivity contribution in [2.45, 2.75) is 13.0 Å². The number of aromatic nitrogens is 2. The third-order valence-electron chi connectivity index (χ3n) is 3.31. The lowest BCUT2D eigenvalue weighted by atomic mass is 10.1. The van der Waals surface area contributed by atoms with Gasteiger partial charge in [-0.3, -0.25) is 0 Å². The number of aliphatic hydroxyl groups is 1. The third kappa shape index (κ3) is 2.32. The monoisotopic (exact) mass is 302 g/mol. The van der Waals surface area contributed by atoms with E-state index >= 15 is 0 Å². The summed E-state index contributed by atoms with van der Waals surface area (Å²) < 4.78 is 3.05. The maximum Gasteiger partial charge on any atom is 0.350 e. The molecule has 0 saturated heterocycles. The van der Waals surface area contributed by atoms with E-state index in [0.717, 1.165) is 0 Å². The van der Waals surface area contributed by atoms with Crippen molar-refractivity contribution < 1.29 is 14.8 Å². The molecule has 0 saturated carbocycles. The van der Waals surface area contributed by atoms with Crippen molar-refractivity contribution in [2.24, 2.45) is 0 Å². The van der Waals surface area contributed by atoms with E-state index in [0.29, 0.717) is 23.5 Å². The Bertz CT molecular complexity index is 824.